The molecule has 3 heteroatoms. The molecule has 3 nitrogen and oxygen atoms in total. The fraction of sp³-hybridized carbons (Fsp3) is 0. The van der Waals surface area contributed by atoms with Crippen molar-refractivity contribution in [3.05, 3.63) is 36.1 Å². The Bertz CT molecular complexity index is 490. The van der Waals surface area contributed by atoms with Gasteiger partial charge in [-0.25, -0.2) is 0 Å². The van der Waals surface area contributed by atoms with Gasteiger partial charge in [0, 0.05) is 0 Å². The number of aromatic nitrogens is 2. The molecule has 3 N–H and O–H groups in total. The van der Waals surface area contributed by atoms with E-state index in [0.29, 0.717) is 5.82 Å². The number of hydrogen-bond acceptors (Lipinski definition) is 2. The summed E-state index contributed by atoms with van der Waals surface area (Å²) >= 11 is 0. The first-order chi connectivity index (χ1) is 6.33. The number of benzene rings is 1. The molecule has 0 bridgehead atoms. The lowest BCUT2D eigenvalue weighted by Gasteiger charge is -1.94. The summed E-state index contributed by atoms with van der Waals surface area (Å²) < 4.78 is 0. The first-order valence-corrected chi connectivity index (χ1v) is 3.91. The molecular weight excluding hydrogens is 162 g/mol. The van der Waals surface area contributed by atoms with Gasteiger partial charge in [-0.15, -0.1) is 5.73 Å². The lowest BCUT2D eigenvalue weighted by Crippen LogP contribution is -1.85. The number of aromatic amines is 1. The molecule has 64 valence electrons. The number of hydrogen-bond donors (Lipinski definition) is 2. The molecule has 0 amide bonds. The zero-order chi connectivity index (χ0) is 9.26. The molecule has 0 aliphatic heterocycles. The van der Waals surface area contributed by atoms with Crippen LogP contribution in [0.2, 0.25) is 0 Å². The third-order valence-corrected chi connectivity index (χ3v) is 1.91. The van der Waals surface area contributed by atoms with E-state index >= 15 is 0 Å². The molecule has 13 heavy (non-hydrogen) atoms. The van der Waals surface area contributed by atoms with Gasteiger partial charge in [0.15, 0.2) is 5.82 Å². The molecule has 0 radical (unpaired) electrons. The van der Waals surface area contributed by atoms with Crippen molar-refractivity contribution in [3.63, 3.8) is 0 Å². The Labute approximate surface area is 75.6 Å². The minimum atomic E-state index is 0.511. The highest BCUT2D eigenvalue weighted by Gasteiger charge is 2.04. The molecule has 0 aliphatic rings. The summed E-state index contributed by atoms with van der Waals surface area (Å²) in [6.07, 6.45) is 1.79. The Morgan fingerprint density at radius 2 is 2.38 bits per heavy atom. The Hall–Kier alpha value is -1.99. The average Bonchev–Trinajstić information content (AvgIpc) is 2.50. The van der Waals surface area contributed by atoms with Crippen molar-refractivity contribution in [2.75, 3.05) is 5.73 Å². The second-order valence-corrected chi connectivity index (χ2v) is 2.73. The summed E-state index contributed by atoms with van der Waals surface area (Å²) in [5, 5.41) is 7.70. The van der Waals surface area contributed by atoms with Crippen LogP contribution in [0.25, 0.3) is 17.0 Å². The Balaban J connectivity index is 2.87. The molecule has 1 aromatic carbocycles. The van der Waals surface area contributed by atoms with Gasteiger partial charge in [0.25, 0.3) is 0 Å². The van der Waals surface area contributed by atoms with Gasteiger partial charge in [-0.3, -0.25) is 5.10 Å². The van der Waals surface area contributed by atoms with Crippen molar-refractivity contribution in [2.24, 2.45) is 0 Å². The standard InChI is InChI=1S/C10H9N3/c1-2-4-7-5-3-6-8-9(7)10(11)13-12-8/h3-6H,1H2,(H3,11,12,13). The van der Waals surface area contributed by atoms with Crippen molar-refractivity contribution in [1.82, 2.24) is 10.2 Å². The van der Waals surface area contributed by atoms with Gasteiger partial charge in [0.05, 0.1) is 10.9 Å². The molecule has 0 fully saturated rings. The number of fused-ring (bicyclic) bond motifs is 1. The van der Waals surface area contributed by atoms with Crippen LogP contribution in [0.5, 0.6) is 0 Å². The highest BCUT2D eigenvalue weighted by molar-refractivity contribution is 5.95. The maximum Gasteiger partial charge on any atom is 0.153 e. The van der Waals surface area contributed by atoms with Crippen molar-refractivity contribution >= 4 is 22.8 Å². The van der Waals surface area contributed by atoms with Crippen LogP contribution < -0.4 is 5.73 Å². The summed E-state index contributed by atoms with van der Waals surface area (Å²) in [6.45, 7) is 3.52. The molecule has 0 saturated heterocycles. The lowest BCUT2D eigenvalue weighted by atomic mass is 10.1. The smallest absolute Gasteiger partial charge is 0.153 e. The van der Waals surface area contributed by atoms with E-state index in [9.17, 15) is 0 Å². The SMILES string of the molecule is C=C=Cc1cccc2[nH]nc(N)c12. The molecule has 2 aromatic rings. The minimum absolute atomic E-state index is 0.511. The summed E-state index contributed by atoms with van der Waals surface area (Å²) in [7, 11) is 0. The van der Waals surface area contributed by atoms with E-state index in [0.717, 1.165) is 16.5 Å². The largest absolute Gasteiger partial charge is 0.382 e. The highest BCUT2D eigenvalue weighted by atomic mass is 15.1. The van der Waals surface area contributed by atoms with Crippen molar-refractivity contribution in [3.8, 4) is 0 Å². The third kappa shape index (κ3) is 1.11. The maximum absolute atomic E-state index is 5.70. The van der Waals surface area contributed by atoms with E-state index in [2.05, 4.69) is 22.5 Å². The fourth-order valence-corrected chi connectivity index (χ4v) is 1.36. The lowest BCUT2D eigenvalue weighted by molar-refractivity contribution is 1.13. The molecule has 1 heterocycles. The number of rotatable bonds is 1. The van der Waals surface area contributed by atoms with E-state index < -0.39 is 0 Å². The van der Waals surface area contributed by atoms with Crippen LogP contribution in [0, 0.1) is 0 Å². The Kier molecular flexibility index (Phi) is 1.65. The molecule has 0 atom stereocenters. The van der Waals surface area contributed by atoms with Crippen molar-refractivity contribution < 1.29 is 0 Å². The second-order valence-electron chi connectivity index (χ2n) is 2.73. The molecule has 0 unspecified atom stereocenters. The van der Waals surface area contributed by atoms with E-state index in [4.69, 9.17) is 5.73 Å². The van der Waals surface area contributed by atoms with E-state index in [1.807, 2.05) is 18.2 Å². The molecule has 1 aromatic heterocycles. The van der Waals surface area contributed by atoms with Gasteiger partial charge < -0.3 is 5.73 Å². The molecular formula is C10H9N3. The van der Waals surface area contributed by atoms with Crippen LogP contribution in [-0.2, 0) is 0 Å². The normalized spacial score (nSPS) is 9.85. The summed E-state index contributed by atoms with van der Waals surface area (Å²) in [6, 6.07) is 5.81. The highest BCUT2D eigenvalue weighted by Crippen LogP contribution is 2.22. The summed E-state index contributed by atoms with van der Waals surface area (Å²) in [4.78, 5) is 0. The van der Waals surface area contributed by atoms with Crippen LogP contribution >= 0.6 is 0 Å². The first kappa shape index (κ1) is 7.65. The minimum Gasteiger partial charge on any atom is -0.382 e. The van der Waals surface area contributed by atoms with Crippen molar-refractivity contribution in [1.29, 1.82) is 0 Å². The molecule has 0 aliphatic carbocycles. The molecule has 0 saturated carbocycles. The van der Waals surface area contributed by atoms with Gasteiger partial charge in [0.1, 0.15) is 0 Å². The Morgan fingerprint density at radius 1 is 1.54 bits per heavy atom. The molecule has 2 rings (SSSR count). The predicted molar refractivity (Wildman–Crippen MR) is 54.1 cm³/mol. The number of nitrogens with zero attached hydrogens (tertiary/aromatic N) is 1. The van der Waals surface area contributed by atoms with Crippen molar-refractivity contribution in [2.45, 2.75) is 0 Å². The molecule has 0 spiro atoms. The van der Waals surface area contributed by atoms with E-state index in [1.54, 1.807) is 6.08 Å². The van der Waals surface area contributed by atoms with Crippen LogP contribution in [0.1, 0.15) is 5.56 Å². The third-order valence-electron chi connectivity index (χ3n) is 1.91. The topological polar surface area (TPSA) is 54.7 Å². The van der Waals surface area contributed by atoms with Gasteiger partial charge in [-0.2, -0.15) is 5.10 Å². The monoisotopic (exact) mass is 171 g/mol. The number of anilines is 1. The summed E-state index contributed by atoms with van der Waals surface area (Å²) in [5.41, 5.74) is 10.3. The summed E-state index contributed by atoms with van der Waals surface area (Å²) in [5.74, 6) is 0.511. The zero-order valence-electron chi connectivity index (χ0n) is 7.04. The van der Waals surface area contributed by atoms with Crippen LogP contribution in [-0.4, -0.2) is 10.2 Å². The number of nitrogen functional groups attached to an aromatic ring is 1. The van der Waals surface area contributed by atoms with E-state index in [-0.39, 0.29) is 0 Å². The van der Waals surface area contributed by atoms with Crippen LogP contribution in [0.15, 0.2) is 30.5 Å². The van der Waals surface area contributed by atoms with Gasteiger partial charge in [-0.05, 0) is 17.7 Å². The second kappa shape index (κ2) is 2.81. The number of nitrogens with one attached hydrogen (secondary N) is 1. The number of nitrogens with two attached hydrogens (primary N) is 1. The van der Waals surface area contributed by atoms with Crippen LogP contribution in [0.3, 0.4) is 0 Å². The fourth-order valence-electron chi connectivity index (χ4n) is 1.36. The van der Waals surface area contributed by atoms with E-state index in [1.165, 1.54) is 0 Å². The first-order valence-electron chi connectivity index (χ1n) is 3.91. The van der Waals surface area contributed by atoms with Gasteiger partial charge in [-0.1, -0.05) is 18.7 Å². The maximum atomic E-state index is 5.70. The average molecular weight is 171 g/mol. The zero-order valence-corrected chi connectivity index (χ0v) is 7.04. The Morgan fingerprint density at radius 3 is 3.15 bits per heavy atom. The van der Waals surface area contributed by atoms with Crippen LogP contribution in [0.4, 0.5) is 5.82 Å². The number of H-pyrrole nitrogens is 1. The predicted octanol–water partition coefficient (Wildman–Crippen LogP) is 1.94. The quantitative estimate of drug-likeness (QED) is 0.644. The van der Waals surface area contributed by atoms with Gasteiger partial charge in [0.2, 0.25) is 0 Å². The van der Waals surface area contributed by atoms with Gasteiger partial charge >= 0.3 is 0 Å².